The van der Waals surface area contributed by atoms with E-state index in [9.17, 15) is 9.59 Å². The first-order chi connectivity index (χ1) is 14.6. The number of pyridine rings is 2. The molecule has 2 heterocycles. The van der Waals surface area contributed by atoms with Crippen molar-refractivity contribution in [1.29, 1.82) is 0 Å². The van der Waals surface area contributed by atoms with Crippen LogP contribution in [0.3, 0.4) is 0 Å². The molecule has 2 rings (SSSR count). The second-order valence-corrected chi connectivity index (χ2v) is 9.88. The second-order valence-electron chi connectivity index (χ2n) is 8.04. The number of anilines is 2. The predicted molar refractivity (Wildman–Crippen MR) is 147 cm³/mol. The van der Waals surface area contributed by atoms with E-state index < -0.39 is 23.5 Å². The van der Waals surface area contributed by atoms with Crippen LogP contribution in [0.2, 0.25) is 0 Å². The van der Waals surface area contributed by atoms with Crippen LogP contribution in [0.25, 0.3) is 0 Å². The van der Waals surface area contributed by atoms with Crippen LogP contribution in [-0.4, -0.2) is 40.5 Å². The van der Waals surface area contributed by atoms with Gasteiger partial charge < -0.3 is 25.3 Å². The fraction of sp³-hybridized carbons (Fsp3) is 0.429. The SMILES string of the molecule is CC(C)(C)OC(=O)OC(=O)OC(C)(C)C.CNc1ccc(Br)cn1.I.Nc1ccc(Br)cn1. The number of aromatic nitrogens is 2. The van der Waals surface area contributed by atoms with Crippen molar-refractivity contribution in [2.24, 2.45) is 0 Å². The van der Waals surface area contributed by atoms with E-state index in [-0.39, 0.29) is 24.0 Å². The van der Waals surface area contributed by atoms with Gasteiger partial charge in [0.1, 0.15) is 22.8 Å². The highest BCUT2D eigenvalue weighted by molar-refractivity contribution is 14.0. The third kappa shape index (κ3) is 20.7. The minimum Gasteiger partial charge on any atom is -0.428 e. The molecule has 0 amide bonds. The molecule has 12 heteroatoms. The number of nitrogens with zero attached hydrogens (tertiary/aromatic N) is 2. The number of halogens is 3. The molecule has 0 saturated carbocycles. The van der Waals surface area contributed by atoms with Gasteiger partial charge in [0.15, 0.2) is 0 Å². The maximum absolute atomic E-state index is 11.0. The number of hydrogen-bond donors (Lipinski definition) is 2. The number of nitrogens with one attached hydrogen (secondary N) is 1. The Kier molecular flexibility index (Phi) is 16.3. The van der Waals surface area contributed by atoms with Crippen LogP contribution in [-0.2, 0) is 14.2 Å². The number of ether oxygens (including phenoxy) is 3. The van der Waals surface area contributed by atoms with Gasteiger partial charge in [0.05, 0.1) is 0 Å². The van der Waals surface area contributed by atoms with Crippen LogP contribution in [0, 0.1) is 0 Å². The Labute approximate surface area is 228 Å². The molecule has 186 valence electrons. The molecule has 3 N–H and O–H groups in total. The van der Waals surface area contributed by atoms with Crippen molar-refractivity contribution in [3.63, 3.8) is 0 Å². The number of rotatable bonds is 1. The van der Waals surface area contributed by atoms with Gasteiger partial charge in [-0.25, -0.2) is 19.6 Å². The number of carbonyl (C=O) groups is 2. The molecule has 0 unspecified atom stereocenters. The first-order valence-corrected chi connectivity index (χ1v) is 11.0. The summed E-state index contributed by atoms with van der Waals surface area (Å²) in [7, 11) is 1.84. The molecule has 0 spiro atoms. The van der Waals surface area contributed by atoms with E-state index in [1.54, 1.807) is 60.0 Å². The summed E-state index contributed by atoms with van der Waals surface area (Å²) in [6, 6.07) is 7.44. The molecule has 9 nitrogen and oxygen atoms in total. The molecular weight excluding hydrogens is 675 g/mol. The Balaban J connectivity index is 0. The predicted octanol–water partition coefficient (Wildman–Crippen LogP) is 6.80. The standard InChI is InChI=1S/C10H18O5.C6H7BrN2.C5H5BrN2.HI/c1-9(2,3)14-7(11)13-8(12)15-10(4,5)6;1-8-6-3-2-5(7)4-9-6;6-4-1-2-5(7)8-3-4;/h1-6H3;2-4H,1H3,(H,8,9);1-3H,(H2,7,8);1H. The van der Waals surface area contributed by atoms with E-state index in [1.165, 1.54) is 0 Å². The summed E-state index contributed by atoms with van der Waals surface area (Å²) < 4.78 is 15.8. The third-order valence-corrected chi connectivity index (χ3v) is 3.62. The zero-order valence-electron chi connectivity index (χ0n) is 19.6. The van der Waals surface area contributed by atoms with Gasteiger partial charge in [-0.15, -0.1) is 24.0 Å². The van der Waals surface area contributed by atoms with Crippen LogP contribution in [0.4, 0.5) is 21.2 Å². The lowest BCUT2D eigenvalue weighted by molar-refractivity contribution is -0.0293. The van der Waals surface area contributed by atoms with Crippen LogP contribution in [0.1, 0.15) is 41.5 Å². The molecule has 0 bridgehead atoms. The molecule has 0 aliphatic rings. The molecular formula is C21H31Br2IN4O5. The van der Waals surface area contributed by atoms with Crippen molar-refractivity contribution in [3.8, 4) is 0 Å². The number of nitrogen functional groups attached to an aromatic ring is 1. The van der Waals surface area contributed by atoms with Gasteiger partial charge in [-0.1, -0.05) is 0 Å². The van der Waals surface area contributed by atoms with Crippen molar-refractivity contribution >= 4 is 79.8 Å². The van der Waals surface area contributed by atoms with E-state index in [0.29, 0.717) is 5.82 Å². The van der Waals surface area contributed by atoms with E-state index in [4.69, 9.17) is 15.2 Å². The summed E-state index contributed by atoms with van der Waals surface area (Å²) in [6.07, 6.45) is 1.30. The fourth-order valence-corrected chi connectivity index (χ4v) is 1.99. The Morgan fingerprint density at radius 1 is 0.848 bits per heavy atom. The minimum atomic E-state index is -1.06. The highest BCUT2D eigenvalue weighted by Gasteiger charge is 2.24. The molecule has 0 radical (unpaired) electrons. The Morgan fingerprint density at radius 3 is 1.55 bits per heavy atom. The first kappa shape index (κ1) is 33.5. The monoisotopic (exact) mass is 704 g/mol. The number of nitrogens with two attached hydrogens (primary N) is 1. The van der Waals surface area contributed by atoms with Crippen LogP contribution in [0.15, 0.2) is 45.6 Å². The van der Waals surface area contributed by atoms with E-state index >= 15 is 0 Å². The summed E-state index contributed by atoms with van der Waals surface area (Å²) in [5.74, 6) is 1.44. The summed E-state index contributed by atoms with van der Waals surface area (Å²) in [5, 5.41) is 2.92. The summed E-state index contributed by atoms with van der Waals surface area (Å²) >= 11 is 6.51. The molecule has 0 aromatic carbocycles. The van der Waals surface area contributed by atoms with Gasteiger partial charge in [-0.2, -0.15) is 0 Å². The van der Waals surface area contributed by atoms with E-state index in [0.717, 1.165) is 14.8 Å². The molecule has 0 aliphatic carbocycles. The average molecular weight is 706 g/mol. The van der Waals surface area contributed by atoms with Crippen molar-refractivity contribution in [1.82, 2.24) is 9.97 Å². The van der Waals surface area contributed by atoms with Crippen LogP contribution >= 0.6 is 55.8 Å². The first-order valence-electron chi connectivity index (χ1n) is 9.41. The maximum atomic E-state index is 11.0. The zero-order chi connectivity index (χ0) is 24.9. The smallest absolute Gasteiger partial charge is 0.428 e. The third-order valence-electron chi connectivity index (χ3n) is 2.68. The number of hydrogen-bond acceptors (Lipinski definition) is 9. The van der Waals surface area contributed by atoms with Gasteiger partial charge in [0, 0.05) is 28.4 Å². The average Bonchev–Trinajstić information content (AvgIpc) is 2.62. The quantitative estimate of drug-likeness (QED) is 0.187. The topological polar surface area (TPSA) is 126 Å². The lowest BCUT2D eigenvalue weighted by atomic mass is 10.2. The molecule has 0 atom stereocenters. The van der Waals surface area contributed by atoms with Crippen molar-refractivity contribution in [2.75, 3.05) is 18.1 Å². The van der Waals surface area contributed by atoms with Gasteiger partial charge in [-0.3, -0.25) is 0 Å². The highest BCUT2D eigenvalue weighted by Crippen LogP contribution is 2.12. The Bertz CT molecular complexity index is 793. The van der Waals surface area contributed by atoms with Crippen molar-refractivity contribution in [3.05, 3.63) is 45.6 Å². The normalized spacial score (nSPS) is 10.1. The van der Waals surface area contributed by atoms with Crippen molar-refractivity contribution in [2.45, 2.75) is 52.7 Å². The molecule has 0 fully saturated rings. The summed E-state index contributed by atoms with van der Waals surface area (Å²) in [4.78, 5) is 29.9. The summed E-state index contributed by atoms with van der Waals surface area (Å²) in [5.41, 5.74) is 3.90. The molecule has 2 aromatic rings. The van der Waals surface area contributed by atoms with Gasteiger partial charge in [0.2, 0.25) is 0 Å². The van der Waals surface area contributed by atoms with Crippen molar-refractivity contribution < 1.29 is 23.8 Å². The molecule has 33 heavy (non-hydrogen) atoms. The molecule has 0 saturated heterocycles. The largest absolute Gasteiger partial charge is 0.519 e. The van der Waals surface area contributed by atoms with Gasteiger partial charge >= 0.3 is 12.3 Å². The Hall–Kier alpha value is -1.67. The minimum absolute atomic E-state index is 0. The van der Waals surface area contributed by atoms with E-state index in [1.807, 2.05) is 25.2 Å². The van der Waals surface area contributed by atoms with Crippen LogP contribution in [0.5, 0.6) is 0 Å². The summed E-state index contributed by atoms with van der Waals surface area (Å²) in [6.45, 7) is 10.0. The highest BCUT2D eigenvalue weighted by atomic mass is 127. The van der Waals surface area contributed by atoms with E-state index in [2.05, 4.69) is 51.9 Å². The second kappa shape index (κ2) is 16.0. The molecule has 2 aromatic heterocycles. The number of carbonyl (C=O) groups excluding carboxylic acids is 2. The van der Waals surface area contributed by atoms with Crippen LogP contribution < -0.4 is 11.1 Å². The maximum Gasteiger partial charge on any atom is 0.519 e. The van der Waals surface area contributed by atoms with Gasteiger partial charge in [0.25, 0.3) is 0 Å². The lowest BCUT2D eigenvalue weighted by Gasteiger charge is -2.20. The lowest BCUT2D eigenvalue weighted by Crippen LogP contribution is -2.29. The zero-order valence-corrected chi connectivity index (χ0v) is 25.1. The Morgan fingerprint density at radius 2 is 1.27 bits per heavy atom. The molecule has 0 aliphatic heterocycles. The van der Waals surface area contributed by atoms with Gasteiger partial charge in [-0.05, 0) is 97.7 Å². The fourth-order valence-electron chi connectivity index (χ4n) is 1.52.